The van der Waals surface area contributed by atoms with E-state index >= 15 is 0 Å². The lowest BCUT2D eigenvalue weighted by molar-refractivity contribution is -0.385. The van der Waals surface area contributed by atoms with E-state index < -0.39 is 62.5 Å². The van der Waals surface area contributed by atoms with E-state index in [1.54, 1.807) is 6.26 Å². The molecule has 0 aliphatic heterocycles. The van der Waals surface area contributed by atoms with Gasteiger partial charge in [-0.1, -0.05) is 44.6 Å². The van der Waals surface area contributed by atoms with Crippen LogP contribution < -0.4 is 0 Å². The number of Topliss-reactive ketones (excluding diaryl/α,β-unsaturated/α-hetero) is 2. The van der Waals surface area contributed by atoms with E-state index in [1.165, 1.54) is 18.9 Å². The van der Waals surface area contributed by atoms with Crippen LogP contribution in [0.3, 0.4) is 0 Å². The predicted molar refractivity (Wildman–Crippen MR) is 162 cm³/mol. The van der Waals surface area contributed by atoms with E-state index in [0.717, 1.165) is 49.8 Å². The Morgan fingerprint density at radius 1 is 0.833 bits per heavy atom. The molecule has 9 nitrogen and oxygen atoms in total. The van der Waals surface area contributed by atoms with E-state index in [0.29, 0.717) is 43.6 Å². The zero-order valence-corrected chi connectivity index (χ0v) is 26.2. The van der Waals surface area contributed by atoms with E-state index in [4.69, 9.17) is 4.74 Å². The summed E-state index contributed by atoms with van der Waals surface area (Å²) < 4.78 is 81.6. The van der Waals surface area contributed by atoms with E-state index in [1.807, 2.05) is 6.92 Å². The van der Waals surface area contributed by atoms with Gasteiger partial charge in [0.05, 0.1) is 45.8 Å². The molecule has 0 bridgehead atoms. The molecule has 2 fully saturated rings. The van der Waals surface area contributed by atoms with Crippen molar-refractivity contribution in [1.82, 2.24) is 0 Å². The number of nitro groups is 2. The summed E-state index contributed by atoms with van der Waals surface area (Å²) in [5.74, 6) is -0.836. The fraction of sp³-hybridized carbons (Fsp3) is 0.515. The minimum Gasteiger partial charge on any atom is -0.502 e. The summed E-state index contributed by atoms with van der Waals surface area (Å²) in [6, 6.07) is 4.42. The van der Waals surface area contributed by atoms with Gasteiger partial charge in [0.15, 0.2) is 5.78 Å². The molecular weight excluding hydrogens is 650 g/mol. The maximum Gasteiger partial charge on any atom is 0.416 e. The Bertz CT molecular complexity index is 1510. The van der Waals surface area contributed by atoms with E-state index in [9.17, 15) is 56.2 Å². The molecule has 0 aromatic heterocycles. The zero-order valence-electron chi connectivity index (χ0n) is 26.2. The largest absolute Gasteiger partial charge is 0.502 e. The van der Waals surface area contributed by atoms with Crippen molar-refractivity contribution in [2.75, 3.05) is 6.61 Å². The number of ketones is 2. The molecule has 0 atom stereocenters. The highest BCUT2D eigenvalue weighted by molar-refractivity contribution is 6.10. The van der Waals surface area contributed by atoms with Gasteiger partial charge >= 0.3 is 12.4 Å². The van der Waals surface area contributed by atoms with Crippen LogP contribution in [0.1, 0.15) is 98.2 Å². The molecule has 262 valence electrons. The average Bonchev–Trinajstić information content (AvgIpc) is 3.74. The lowest BCUT2D eigenvalue weighted by atomic mass is 9.93. The number of carbonyl (C=O) groups is 2. The molecule has 0 unspecified atom stereocenters. The van der Waals surface area contributed by atoms with Gasteiger partial charge in [0.2, 0.25) is 0 Å². The third-order valence-electron chi connectivity index (χ3n) is 8.44. The second kappa shape index (κ2) is 16.7. The van der Waals surface area contributed by atoms with Crippen LogP contribution in [0.5, 0.6) is 0 Å². The summed E-state index contributed by atoms with van der Waals surface area (Å²) in [5, 5.41) is 22.2. The van der Waals surface area contributed by atoms with Crippen LogP contribution in [0.25, 0.3) is 0 Å². The summed E-state index contributed by atoms with van der Waals surface area (Å²) in [5.41, 5.74) is -2.93. The molecule has 15 heteroatoms. The second-order valence-electron chi connectivity index (χ2n) is 11.9. The first-order valence-corrected chi connectivity index (χ1v) is 15.6. The Morgan fingerprint density at radius 3 is 1.88 bits per heavy atom. The van der Waals surface area contributed by atoms with Gasteiger partial charge in [-0.15, -0.1) is 0 Å². The first kappa shape index (κ1) is 38.2. The summed E-state index contributed by atoms with van der Waals surface area (Å²) in [6.45, 7) is 2.31. The highest BCUT2D eigenvalue weighted by atomic mass is 19.4. The van der Waals surface area contributed by atoms with Crippen LogP contribution in [0, 0.1) is 32.1 Å². The lowest BCUT2D eigenvalue weighted by Crippen LogP contribution is -2.17. The first-order valence-electron chi connectivity index (χ1n) is 15.6. The highest BCUT2D eigenvalue weighted by Crippen LogP contribution is 2.37. The fourth-order valence-corrected chi connectivity index (χ4v) is 5.99. The van der Waals surface area contributed by atoms with Gasteiger partial charge in [0.1, 0.15) is 5.78 Å². The Hall–Kier alpha value is -4.30. The summed E-state index contributed by atoms with van der Waals surface area (Å²) in [6.07, 6.45) is 0.457. The van der Waals surface area contributed by atoms with Gasteiger partial charge in [-0.2, -0.15) is 26.3 Å². The molecular formula is C33H36F6N2O7. The molecule has 4 rings (SSSR count). The van der Waals surface area contributed by atoms with Crippen molar-refractivity contribution >= 4 is 22.9 Å². The normalized spacial score (nSPS) is 15.9. The quantitative estimate of drug-likeness (QED) is 0.0543. The standard InChI is InChI=1S/C18H22F3NO3.C15H14F3NO4/c1-2-25-12-14(9-13-5-3-4-6-13)10-15-7-8-16(18(19,20)21)11-17(15)22(23)24;16-15(17,18)10-5-6-11(12(7-10)19(22)23)14(21)8-13(20)9-3-1-2-4-9/h7-8,11-13H,2-6,9-10H2,1H3;5-7,9H,1-4,8H2. The number of nitrogens with zero attached hydrogens (tertiary/aromatic N) is 2. The Kier molecular flexibility index (Phi) is 13.3. The Balaban J connectivity index is 0.000000261. The van der Waals surface area contributed by atoms with Crippen molar-refractivity contribution in [2.24, 2.45) is 11.8 Å². The molecule has 0 heterocycles. The van der Waals surface area contributed by atoms with Crippen molar-refractivity contribution in [2.45, 2.75) is 89.9 Å². The molecule has 0 saturated heterocycles. The number of ether oxygens (including phenoxy) is 1. The van der Waals surface area contributed by atoms with Crippen LogP contribution in [0.4, 0.5) is 37.7 Å². The Morgan fingerprint density at radius 2 is 1.35 bits per heavy atom. The minimum atomic E-state index is -4.74. The molecule has 48 heavy (non-hydrogen) atoms. The summed E-state index contributed by atoms with van der Waals surface area (Å²) in [7, 11) is 0. The topological polar surface area (TPSA) is 130 Å². The molecule has 2 saturated carbocycles. The second-order valence-corrected chi connectivity index (χ2v) is 11.9. The van der Waals surface area contributed by atoms with Crippen molar-refractivity contribution in [3.8, 4) is 0 Å². The number of alkyl halides is 6. The van der Waals surface area contributed by atoms with E-state index in [-0.39, 0.29) is 23.7 Å². The summed E-state index contributed by atoms with van der Waals surface area (Å²) >= 11 is 0. The molecule has 2 aromatic rings. The fourth-order valence-electron chi connectivity index (χ4n) is 5.99. The average molecular weight is 687 g/mol. The molecule has 0 radical (unpaired) electrons. The molecule has 0 spiro atoms. The zero-order chi connectivity index (χ0) is 35.6. The number of benzene rings is 2. The van der Waals surface area contributed by atoms with Crippen LogP contribution in [-0.4, -0.2) is 28.0 Å². The number of carbonyl (C=O) groups excluding carboxylic acids is 2. The van der Waals surface area contributed by atoms with Gasteiger partial charge in [-0.05, 0) is 55.9 Å². The molecule has 0 N–H and O–H groups in total. The minimum absolute atomic E-state index is 0.227. The van der Waals surface area contributed by atoms with Gasteiger partial charge in [-0.3, -0.25) is 29.8 Å². The molecule has 2 aliphatic carbocycles. The number of rotatable bonds is 12. The Labute approximate surface area is 272 Å². The van der Waals surface area contributed by atoms with Gasteiger partial charge in [0, 0.05) is 30.0 Å². The lowest BCUT2D eigenvalue weighted by Gasteiger charge is -2.14. The highest BCUT2D eigenvalue weighted by Gasteiger charge is 2.35. The number of nitro benzene ring substituents is 2. The maximum absolute atomic E-state index is 12.8. The molecule has 0 amide bonds. The third kappa shape index (κ3) is 10.9. The van der Waals surface area contributed by atoms with Crippen molar-refractivity contribution < 1.29 is 50.5 Å². The van der Waals surface area contributed by atoms with Crippen LogP contribution in [0.15, 0.2) is 48.2 Å². The molecule has 2 aromatic carbocycles. The van der Waals surface area contributed by atoms with Crippen molar-refractivity contribution in [1.29, 1.82) is 0 Å². The first-order chi connectivity index (χ1) is 22.5. The van der Waals surface area contributed by atoms with Crippen LogP contribution in [-0.2, 0) is 28.3 Å². The van der Waals surface area contributed by atoms with Gasteiger partial charge in [-0.25, -0.2) is 0 Å². The van der Waals surface area contributed by atoms with Crippen molar-refractivity contribution in [3.05, 3.63) is 90.7 Å². The molecule has 2 aliphatic rings. The van der Waals surface area contributed by atoms with Gasteiger partial charge < -0.3 is 4.74 Å². The maximum atomic E-state index is 12.8. The smallest absolute Gasteiger partial charge is 0.416 e. The monoisotopic (exact) mass is 686 g/mol. The third-order valence-corrected chi connectivity index (χ3v) is 8.44. The number of halogens is 6. The van der Waals surface area contributed by atoms with Gasteiger partial charge in [0.25, 0.3) is 11.4 Å². The van der Waals surface area contributed by atoms with E-state index in [2.05, 4.69) is 0 Å². The van der Waals surface area contributed by atoms with Crippen LogP contribution in [0.2, 0.25) is 0 Å². The number of hydrogen-bond donors (Lipinski definition) is 0. The van der Waals surface area contributed by atoms with Crippen LogP contribution >= 0.6 is 0 Å². The van der Waals surface area contributed by atoms with Crippen molar-refractivity contribution in [3.63, 3.8) is 0 Å². The summed E-state index contributed by atoms with van der Waals surface area (Å²) in [4.78, 5) is 44.4. The number of allylic oxidation sites excluding steroid dienone is 1. The number of hydrogen-bond acceptors (Lipinski definition) is 7. The predicted octanol–water partition coefficient (Wildman–Crippen LogP) is 9.60. The SMILES string of the molecule is CCOC=C(Cc1ccc(C(F)(F)F)cc1[N+](=O)[O-])CC1CCCC1.O=C(CC(=O)C1CCCC1)c1ccc(C(F)(F)F)cc1[N+](=O)[O-].